The molecule has 0 spiro atoms. The van der Waals surface area contributed by atoms with Gasteiger partial charge in [0, 0.05) is 0 Å². The third-order valence-electron chi connectivity index (χ3n) is 4.96. The maximum Gasteiger partial charge on any atom is 0.325 e. The maximum atomic E-state index is 13.1. The zero-order valence-electron chi connectivity index (χ0n) is 16.5. The van der Waals surface area contributed by atoms with E-state index in [1.54, 1.807) is 56.5 Å². The van der Waals surface area contributed by atoms with E-state index in [1.807, 2.05) is 6.07 Å². The topological polar surface area (TPSA) is 111 Å². The molecule has 4 rings (SSSR count). The third kappa shape index (κ3) is 3.54. The zero-order chi connectivity index (χ0) is 21.1. The fourth-order valence-electron chi connectivity index (χ4n) is 3.26. The summed E-state index contributed by atoms with van der Waals surface area (Å²) >= 11 is 0. The Morgan fingerprint density at radius 2 is 1.87 bits per heavy atom. The average molecular weight is 408 g/mol. The van der Waals surface area contributed by atoms with E-state index < -0.39 is 11.6 Å². The van der Waals surface area contributed by atoms with Crippen molar-refractivity contribution >= 4 is 11.9 Å². The molecule has 10 nitrogen and oxygen atoms in total. The number of methoxy groups -OCH3 is 1. The second kappa shape index (κ2) is 7.82. The first-order valence-corrected chi connectivity index (χ1v) is 9.26. The van der Waals surface area contributed by atoms with Crippen LogP contribution in [0.4, 0.5) is 4.79 Å². The van der Waals surface area contributed by atoms with Crippen LogP contribution in [0.2, 0.25) is 0 Å². The Bertz CT molecular complexity index is 1050. The van der Waals surface area contributed by atoms with Crippen LogP contribution in [0.1, 0.15) is 12.5 Å². The van der Waals surface area contributed by atoms with Crippen molar-refractivity contribution in [1.82, 2.24) is 30.4 Å². The Balaban J connectivity index is 1.45. The number of carbonyl (C=O) groups excluding carboxylic acids is 2. The predicted molar refractivity (Wildman–Crippen MR) is 105 cm³/mol. The summed E-state index contributed by atoms with van der Waals surface area (Å²) < 4.78 is 12.2. The van der Waals surface area contributed by atoms with Crippen molar-refractivity contribution in [1.29, 1.82) is 0 Å². The van der Waals surface area contributed by atoms with Crippen molar-refractivity contribution in [2.75, 3.05) is 20.3 Å². The summed E-state index contributed by atoms with van der Waals surface area (Å²) in [7, 11) is 1.59. The van der Waals surface area contributed by atoms with Gasteiger partial charge < -0.3 is 14.8 Å². The summed E-state index contributed by atoms with van der Waals surface area (Å²) in [4.78, 5) is 26.7. The third-order valence-corrected chi connectivity index (χ3v) is 4.96. The van der Waals surface area contributed by atoms with Gasteiger partial charge in [0.1, 0.15) is 30.0 Å². The molecule has 1 fully saturated rings. The first-order chi connectivity index (χ1) is 14.5. The van der Waals surface area contributed by atoms with Crippen LogP contribution in [0.15, 0.2) is 54.9 Å². The summed E-state index contributed by atoms with van der Waals surface area (Å²) in [6, 6.07) is 13.8. The highest BCUT2D eigenvalue weighted by molar-refractivity contribution is 6.07. The van der Waals surface area contributed by atoms with Crippen molar-refractivity contribution < 1.29 is 19.1 Å². The Morgan fingerprint density at radius 1 is 1.10 bits per heavy atom. The number of aromatic nitrogens is 4. The second-order valence-corrected chi connectivity index (χ2v) is 6.84. The lowest BCUT2D eigenvalue weighted by Crippen LogP contribution is -2.41. The molecule has 0 radical (unpaired) electrons. The smallest absolute Gasteiger partial charge is 0.325 e. The Kier molecular flexibility index (Phi) is 5.05. The number of nitrogens with zero attached hydrogens (tertiary/aromatic N) is 5. The molecule has 30 heavy (non-hydrogen) atoms. The number of amides is 3. The van der Waals surface area contributed by atoms with E-state index in [1.165, 1.54) is 11.0 Å². The first-order valence-electron chi connectivity index (χ1n) is 9.26. The largest absolute Gasteiger partial charge is 0.497 e. The number of tetrazole rings is 1. The minimum atomic E-state index is -1.19. The molecule has 1 aromatic heterocycles. The van der Waals surface area contributed by atoms with Crippen molar-refractivity contribution in [3.8, 4) is 17.2 Å². The van der Waals surface area contributed by atoms with Gasteiger partial charge in [-0.1, -0.05) is 12.1 Å². The van der Waals surface area contributed by atoms with Gasteiger partial charge in [0.15, 0.2) is 0 Å². The SMILES string of the molecule is COc1ccc(OCCN2C(=O)N[C@@](C)(c3cccc(-n4cnnn4)c3)C2=O)cc1. The number of carbonyl (C=O) groups is 2. The van der Waals surface area contributed by atoms with Crippen molar-refractivity contribution in [3.05, 3.63) is 60.4 Å². The van der Waals surface area contributed by atoms with Crippen molar-refractivity contribution in [2.45, 2.75) is 12.5 Å². The first kappa shape index (κ1) is 19.4. The van der Waals surface area contributed by atoms with Gasteiger partial charge in [-0.2, -0.15) is 0 Å². The molecule has 0 aliphatic carbocycles. The molecule has 154 valence electrons. The number of imide groups is 1. The van der Waals surface area contributed by atoms with E-state index in [0.29, 0.717) is 17.0 Å². The fourth-order valence-corrected chi connectivity index (χ4v) is 3.26. The van der Waals surface area contributed by atoms with E-state index >= 15 is 0 Å². The molecule has 2 aromatic carbocycles. The highest BCUT2D eigenvalue weighted by Crippen LogP contribution is 2.30. The molecule has 0 bridgehead atoms. The van der Waals surface area contributed by atoms with Crippen LogP contribution in [0, 0.1) is 0 Å². The quantitative estimate of drug-likeness (QED) is 0.590. The van der Waals surface area contributed by atoms with Gasteiger partial charge in [-0.05, 0) is 59.3 Å². The molecule has 1 saturated heterocycles. The molecule has 0 unspecified atom stereocenters. The lowest BCUT2D eigenvalue weighted by atomic mass is 9.91. The number of rotatable bonds is 7. The minimum Gasteiger partial charge on any atom is -0.497 e. The van der Waals surface area contributed by atoms with Gasteiger partial charge in [0.2, 0.25) is 0 Å². The summed E-state index contributed by atoms with van der Waals surface area (Å²) in [6.45, 7) is 1.97. The lowest BCUT2D eigenvalue weighted by molar-refractivity contribution is -0.131. The lowest BCUT2D eigenvalue weighted by Gasteiger charge is -2.22. The van der Waals surface area contributed by atoms with Gasteiger partial charge in [-0.15, -0.1) is 5.10 Å². The van der Waals surface area contributed by atoms with E-state index in [9.17, 15) is 9.59 Å². The number of ether oxygens (including phenoxy) is 2. The van der Waals surface area contributed by atoms with Crippen LogP contribution in [-0.4, -0.2) is 57.3 Å². The summed E-state index contributed by atoms with van der Waals surface area (Å²) in [5.41, 5.74) is 0.121. The predicted octanol–water partition coefficient (Wildman–Crippen LogP) is 1.52. The second-order valence-electron chi connectivity index (χ2n) is 6.84. The molecular weight excluding hydrogens is 388 g/mol. The highest BCUT2D eigenvalue weighted by atomic mass is 16.5. The van der Waals surface area contributed by atoms with E-state index in [4.69, 9.17) is 9.47 Å². The summed E-state index contributed by atoms with van der Waals surface area (Å²) in [5.74, 6) is 0.996. The zero-order valence-corrected chi connectivity index (χ0v) is 16.5. The number of hydrogen-bond acceptors (Lipinski definition) is 7. The van der Waals surface area contributed by atoms with Crippen LogP contribution in [-0.2, 0) is 10.3 Å². The van der Waals surface area contributed by atoms with Crippen molar-refractivity contribution in [3.63, 3.8) is 0 Å². The monoisotopic (exact) mass is 408 g/mol. The average Bonchev–Trinajstić information content (AvgIpc) is 3.38. The molecule has 10 heteroatoms. The van der Waals surface area contributed by atoms with Gasteiger partial charge in [-0.25, -0.2) is 9.48 Å². The van der Waals surface area contributed by atoms with Crippen LogP contribution in [0.3, 0.4) is 0 Å². The molecule has 3 aromatic rings. The molecule has 1 aliphatic heterocycles. The highest BCUT2D eigenvalue weighted by Gasteiger charge is 2.48. The standard InChI is InChI=1S/C20H20N6O4/c1-20(14-4-3-5-15(12-14)26-13-21-23-24-26)18(27)25(19(28)22-20)10-11-30-17-8-6-16(29-2)7-9-17/h3-9,12-13H,10-11H2,1-2H3,(H,22,28)/t20-/m0/s1. The van der Waals surface area contributed by atoms with Crippen LogP contribution < -0.4 is 14.8 Å². The van der Waals surface area contributed by atoms with Gasteiger partial charge in [0.05, 0.1) is 19.3 Å². The molecule has 1 N–H and O–H groups in total. The molecule has 0 saturated carbocycles. The van der Waals surface area contributed by atoms with Gasteiger partial charge in [0.25, 0.3) is 5.91 Å². The number of benzene rings is 2. The van der Waals surface area contributed by atoms with Gasteiger partial charge in [-0.3, -0.25) is 9.69 Å². The minimum absolute atomic E-state index is 0.124. The molecule has 3 amide bonds. The fraction of sp³-hybridized carbons (Fsp3) is 0.250. The Morgan fingerprint density at radius 3 is 2.57 bits per heavy atom. The van der Waals surface area contributed by atoms with E-state index in [0.717, 1.165) is 10.6 Å². The van der Waals surface area contributed by atoms with E-state index in [2.05, 4.69) is 20.8 Å². The summed E-state index contributed by atoms with van der Waals surface area (Å²) in [5, 5.41) is 13.9. The maximum absolute atomic E-state index is 13.1. The molecular formula is C20H20N6O4. The molecule has 2 heterocycles. The number of urea groups is 1. The van der Waals surface area contributed by atoms with Crippen LogP contribution >= 0.6 is 0 Å². The van der Waals surface area contributed by atoms with E-state index in [-0.39, 0.29) is 19.1 Å². The van der Waals surface area contributed by atoms with Crippen molar-refractivity contribution in [2.24, 2.45) is 0 Å². The van der Waals surface area contributed by atoms with Crippen LogP contribution in [0.25, 0.3) is 5.69 Å². The number of hydrogen-bond donors (Lipinski definition) is 1. The van der Waals surface area contributed by atoms with Gasteiger partial charge >= 0.3 is 6.03 Å². The Hall–Kier alpha value is -3.95. The normalized spacial score (nSPS) is 18.4. The molecule has 1 aliphatic rings. The summed E-state index contributed by atoms with van der Waals surface area (Å²) in [6.07, 6.45) is 1.46. The number of nitrogens with one attached hydrogen (secondary N) is 1. The van der Waals surface area contributed by atoms with Crippen LogP contribution in [0.5, 0.6) is 11.5 Å². The Labute approximate surface area is 172 Å². The molecule has 1 atom stereocenters.